The Hall–Kier alpha value is -1.13. The van der Waals surface area contributed by atoms with E-state index >= 15 is 0 Å². The zero-order valence-corrected chi connectivity index (χ0v) is 8.14. The molecule has 0 amide bonds. The Morgan fingerprint density at radius 1 is 1.23 bits per heavy atom. The van der Waals surface area contributed by atoms with Crippen LogP contribution in [0, 0.1) is 0 Å². The highest BCUT2D eigenvalue weighted by Gasteiger charge is 1.96. The summed E-state index contributed by atoms with van der Waals surface area (Å²) in [7, 11) is 0. The topological polar surface area (TPSA) is 37.8 Å². The summed E-state index contributed by atoms with van der Waals surface area (Å²) in [5, 5.41) is 12.2. The normalized spacial score (nSPS) is 9.92. The predicted molar refractivity (Wildman–Crippen MR) is 54.6 cm³/mol. The van der Waals surface area contributed by atoms with Gasteiger partial charge in [-0.15, -0.1) is 10.2 Å². The number of rotatable bonds is 2. The van der Waals surface area contributed by atoms with Gasteiger partial charge in [0, 0.05) is 10.7 Å². The minimum atomic E-state index is 0.725. The quantitative estimate of drug-likeness (QED) is 0.830. The summed E-state index contributed by atoms with van der Waals surface area (Å²) in [6, 6.07) is 7.43. The van der Waals surface area contributed by atoms with Crippen LogP contribution in [-0.2, 0) is 0 Å². The monoisotopic (exact) mass is 211 g/mol. The van der Waals surface area contributed by atoms with Crippen LogP contribution in [-0.4, -0.2) is 10.2 Å². The fourth-order valence-electron chi connectivity index (χ4n) is 0.884. The lowest BCUT2D eigenvalue weighted by Crippen LogP contribution is -1.88. The molecule has 0 saturated carbocycles. The van der Waals surface area contributed by atoms with Crippen LogP contribution in [0.3, 0.4) is 0 Å². The van der Waals surface area contributed by atoms with Crippen molar-refractivity contribution in [1.82, 2.24) is 10.2 Å². The number of hydrogen-bond acceptors (Lipinski definition) is 4. The van der Waals surface area contributed by atoms with Crippen LogP contribution < -0.4 is 5.32 Å². The van der Waals surface area contributed by atoms with Crippen molar-refractivity contribution in [3.05, 3.63) is 34.8 Å². The SMILES string of the molecule is Clc1ccc(Nc2nncs2)cc1. The second-order valence-corrected chi connectivity index (χ2v) is 3.65. The van der Waals surface area contributed by atoms with E-state index in [1.165, 1.54) is 11.3 Å². The molecule has 1 N–H and O–H groups in total. The summed E-state index contributed by atoms with van der Waals surface area (Å²) in [6.45, 7) is 0. The third-order valence-corrected chi connectivity index (χ3v) is 2.31. The van der Waals surface area contributed by atoms with Gasteiger partial charge >= 0.3 is 0 Å². The maximum Gasteiger partial charge on any atom is 0.209 e. The van der Waals surface area contributed by atoms with Gasteiger partial charge in [-0.05, 0) is 24.3 Å². The van der Waals surface area contributed by atoms with Crippen LogP contribution in [0.4, 0.5) is 10.8 Å². The minimum Gasteiger partial charge on any atom is -0.330 e. The van der Waals surface area contributed by atoms with Crippen molar-refractivity contribution in [2.24, 2.45) is 0 Å². The molecule has 0 atom stereocenters. The fourth-order valence-corrected chi connectivity index (χ4v) is 1.48. The number of nitrogens with zero attached hydrogens (tertiary/aromatic N) is 2. The maximum absolute atomic E-state index is 5.74. The van der Waals surface area contributed by atoms with E-state index in [2.05, 4.69) is 15.5 Å². The van der Waals surface area contributed by atoms with E-state index in [-0.39, 0.29) is 0 Å². The van der Waals surface area contributed by atoms with Gasteiger partial charge in [-0.25, -0.2) is 0 Å². The summed E-state index contributed by atoms with van der Waals surface area (Å²) >= 11 is 7.20. The molecule has 5 heteroatoms. The van der Waals surface area contributed by atoms with Gasteiger partial charge in [-0.3, -0.25) is 0 Å². The van der Waals surface area contributed by atoms with E-state index < -0.39 is 0 Å². The van der Waals surface area contributed by atoms with Crippen LogP contribution >= 0.6 is 22.9 Å². The molecule has 2 aromatic rings. The highest BCUT2D eigenvalue weighted by atomic mass is 35.5. The molecule has 0 saturated heterocycles. The lowest BCUT2D eigenvalue weighted by molar-refractivity contribution is 1.09. The molecule has 0 aliphatic rings. The Kier molecular flexibility index (Phi) is 2.42. The number of halogens is 1. The van der Waals surface area contributed by atoms with Gasteiger partial charge in [-0.2, -0.15) is 0 Å². The highest BCUT2D eigenvalue weighted by molar-refractivity contribution is 7.13. The molecule has 0 aliphatic heterocycles. The van der Waals surface area contributed by atoms with Gasteiger partial charge in [0.25, 0.3) is 0 Å². The zero-order valence-electron chi connectivity index (χ0n) is 6.57. The molecule has 0 spiro atoms. The molecule has 0 aliphatic carbocycles. The van der Waals surface area contributed by atoms with Gasteiger partial charge in [0.2, 0.25) is 5.13 Å². The molecule has 66 valence electrons. The van der Waals surface area contributed by atoms with Gasteiger partial charge in [-0.1, -0.05) is 22.9 Å². The molecule has 1 heterocycles. The smallest absolute Gasteiger partial charge is 0.209 e. The first-order chi connectivity index (χ1) is 6.34. The number of anilines is 2. The van der Waals surface area contributed by atoms with Crippen LogP contribution in [0.5, 0.6) is 0 Å². The van der Waals surface area contributed by atoms with Crippen molar-refractivity contribution in [2.75, 3.05) is 5.32 Å². The third kappa shape index (κ3) is 2.17. The summed E-state index contributed by atoms with van der Waals surface area (Å²) in [6.07, 6.45) is 0. The van der Waals surface area contributed by atoms with Crippen molar-refractivity contribution < 1.29 is 0 Å². The average molecular weight is 212 g/mol. The molecule has 3 nitrogen and oxygen atoms in total. The molecular weight excluding hydrogens is 206 g/mol. The zero-order chi connectivity index (χ0) is 9.10. The number of hydrogen-bond donors (Lipinski definition) is 1. The van der Waals surface area contributed by atoms with Crippen molar-refractivity contribution in [2.45, 2.75) is 0 Å². The maximum atomic E-state index is 5.74. The van der Waals surface area contributed by atoms with E-state index in [0.29, 0.717) is 0 Å². The molecule has 0 fully saturated rings. The molecule has 1 aromatic heterocycles. The molecular formula is C8H6ClN3S. The Labute approximate surface area is 84.4 Å². The molecule has 13 heavy (non-hydrogen) atoms. The van der Waals surface area contributed by atoms with Gasteiger partial charge < -0.3 is 5.32 Å². The van der Waals surface area contributed by atoms with E-state index in [9.17, 15) is 0 Å². The van der Waals surface area contributed by atoms with Crippen molar-refractivity contribution in [1.29, 1.82) is 0 Å². The van der Waals surface area contributed by atoms with Gasteiger partial charge in [0.15, 0.2) is 0 Å². The Morgan fingerprint density at radius 2 is 2.00 bits per heavy atom. The van der Waals surface area contributed by atoms with Crippen molar-refractivity contribution >= 4 is 33.8 Å². The predicted octanol–water partition coefficient (Wildman–Crippen LogP) is 2.94. The minimum absolute atomic E-state index is 0.725. The molecule has 0 radical (unpaired) electrons. The number of nitrogens with one attached hydrogen (secondary N) is 1. The lowest BCUT2D eigenvalue weighted by Gasteiger charge is -2.00. The summed E-state index contributed by atoms with van der Waals surface area (Å²) in [5.41, 5.74) is 2.64. The van der Waals surface area contributed by atoms with E-state index in [4.69, 9.17) is 11.6 Å². The largest absolute Gasteiger partial charge is 0.330 e. The summed E-state index contributed by atoms with van der Waals surface area (Å²) in [4.78, 5) is 0. The molecule has 0 bridgehead atoms. The van der Waals surface area contributed by atoms with E-state index in [0.717, 1.165) is 15.8 Å². The number of aromatic nitrogens is 2. The first-order valence-electron chi connectivity index (χ1n) is 3.63. The lowest BCUT2D eigenvalue weighted by atomic mass is 10.3. The molecule has 1 aromatic carbocycles. The first kappa shape index (κ1) is 8.47. The van der Waals surface area contributed by atoms with Crippen molar-refractivity contribution in [3.8, 4) is 0 Å². The first-order valence-corrected chi connectivity index (χ1v) is 4.89. The summed E-state index contributed by atoms with van der Waals surface area (Å²) < 4.78 is 0. The highest BCUT2D eigenvalue weighted by Crippen LogP contribution is 2.19. The second-order valence-electron chi connectivity index (χ2n) is 2.38. The fraction of sp³-hybridized carbons (Fsp3) is 0. The standard InChI is InChI=1S/C8H6ClN3S/c9-6-1-3-7(4-2-6)11-8-12-10-5-13-8/h1-5H,(H,11,12). The Balaban J connectivity index is 2.15. The van der Waals surface area contributed by atoms with E-state index in [1.807, 2.05) is 24.3 Å². The van der Waals surface area contributed by atoms with Crippen LogP contribution in [0.2, 0.25) is 5.02 Å². The second kappa shape index (κ2) is 3.72. The molecule has 0 unspecified atom stereocenters. The molecule has 2 rings (SSSR count). The van der Waals surface area contributed by atoms with Gasteiger partial charge in [0.05, 0.1) is 0 Å². The van der Waals surface area contributed by atoms with Crippen LogP contribution in [0.25, 0.3) is 0 Å². The summed E-state index contributed by atoms with van der Waals surface area (Å²) in [5.74, 6) is 0. The van der Waals surface area contributed by atoms with Crippen LogP contribution in [0.15, 0.2) is 29.8 Å². The van der Waals surface area contributed by atoms with Crippen LogP contribution in [0.1, 0.15) is 0 Å². The van der Waals surface area contributed by atoms with Crippen molar-refractivity contribution in [3.63, 3.8) is 0 Å². The Morgan fingerprint density at radius 3 is 2.62 bits per heavy atom. The third-order valence-electron chi connectivity index (χ3n) is 1.46. The van der Waals surface area contributed by atoms with Gasteiger partial charge in [0.1, 0.15) is 5.51 Å². The number of benzene rings is 1. The average Bonchev–Trinajstić information content (AvgIpc) is 2.62. The Bertz CT molecular complexity index is 371. The van der Waals surface area contributed by atoms with E-state index in [1.54, 1.807) is 5.51 Å².